The molecule has 118 valence electrons. The number of thiophene rings is 1. The Balaban J connectivity index is 1.61. The van der Waals surface area contributed by atoms with Crippen molar-refractivity contribution in [1.29, 1.82) is 0 Å². The fraction of sp³-hybridized carbons (Fsp3) is 0.467. The lowest BCUT2D eigenvalue weighted by Gasteiger charge is -2.33. The highest BCUT2D eigenvalue weighted by atomic mass is 32.2. The number of likely N-dealkylation sites (tertiary alicyclic amines) is 1. The molecular formula is C15H21N5S2. The van der Waals surface area contributed by atoms with Crippen LogP contribution in [0.5, 0.6) is 0 Å². The zero-order valence-corrected chi connectivity index (χ0v) is 14.3. The number of thioether (sulfide) groups is 1. The second-order valence-corrected chi connectivity index (χ2v) is 7.27. The molecule has 5 nitrogen and oxygen atoms in total. The van der Waals surface area contributed by atoms with Gasteiger partial charge >= 0.3 is 0 Å². The Bertz CT molecular complexity index is 602. The van der Waals surface area contributed by atoms with E-state index >= 15 is 0 Å². The Hall–Kier alpha value is -1.31. The van der Waals surface area contributed by atoms with Crippen LogP contribution in [0.15, 0.2) is 28.7 Å². The van der Waals surface area contributed by atoms with Crippen LogP contribution in [0.25, 0.3) is 0 Å². The first-order valence-corrected chi connectivity index (χ1v) is 9.53. The third-order valence-corrected chi connectivity index (χ3v) is 5.13. The predicted octanol–water partition coefficient (Wildman–Crippen LogP) is 2.92. The van der Waals surface area contributed by atoms with E-state index in [-0.39, 0.29) is 0 Å². The van der Waals surface area contributed by atoms with E-state index < -0.39 is 0 Å². The van der Waals surface area contributed by atoms with Gasteiger partial charge in [0.2, 0.25) is 0 Å². The largest absolute Gasteiger partial charge is 0.383 e. The van der Waals surface area contributed by atoms with Crippen molar-refractivity contribution in [2.24, 2.45) is 0 Å². The first-order valence-electron chi connectivity index (χ1n) is 7.43. The Morgan fingerprint density at radius 3 is 3.18 bits per heavy atom. The van der Waals surface area contributed by atoms with Gasteiger partial charge in [-0.2, -0.15) is 0 Å². The fourth-order valence-corrected chi connectivity index (χ4v) is 3.89. The molecule has 2 aromatic rings. The van der Waals surface area contributed by atoms with Crippen LogP contribution in [-0.4, -0.2) is 40.3 Å². The molecule has 0 spiro atoms. The van der Waals surface area contributed by atoms with Crippen molar-refractivity contribution in [2.45, 2.75) is 30.6 Å². The summed E-state index contributed by atoms with van der Waals surface area (Å²) in [6, 6.07) is 6.56. The zero-order valence-electron chi connectivity index (χ0n) is 12.7. The van der Waals surface area contributed by atoms with E-state index in [1.165, 1.54) is 29.5 Å². The third-order valence-electron chi connectivity index (χ3n) is 3.73. The van der Waals surface area contributed by atoms with Gasteiger partial charge in [0.1, 0.15) is 11.6 Å². The topological polar surface area (TPSA) is 67.1 Å². The lowest BCUT2D eigenvalue weighted by atomic mass is 10.1. The highest BCUT2D eigenvalue weighted by Crippen LogP contribution is 2.21. The van der Waals surface area contributed by atoms with Gasteiger partial charge in [0, 0.05) is 30.1 Å². The van der Waals surface area contributed by atoms with Gasteiger partial charge in [-0.05, 0) is 37.1 Å². The summed E-state index contributed by atoms with van der Waals surface area (Å²) in [7, 11) is 0. The summed E-state index contributed by atoms with van der Waals surface area (Å²) in [5.74, 6) is 1.35. The molecule has 1 aliphatic heterocycles. The maximum Gasteiger partial charge on any atom is 0.191 e. The summed E-state index contributed by atoms with van der Waals surface area (Å²) in [4.78, 5) is 12.6. The van der Waals surface area contributed by atoms with Crippen LogP contribution in [0, 0.1) is 0 Å². The van der Waals surface area contributed by atoms with E-state index in [4.69, 9.17) is 5.73 Å². The molecule has 1 saturated heterocycles. The Morgan fingerprint density at radius 2 is 2.41 bits per heavy atom. The number of aromatic nitrogens is 2. The standard InChI is InChI=1S/C15H21N5S2/c1-21-15-18-13(16)8-14(19-15)17-11-4-2-6-20(9-11)10-12-5-3-7-22-12/h3,5,7-8,11H,2,4,6,9-10H2,1H3,(H3,16,17,18,19). The van der Waals surface area contributed by atoms with Crippen molar-refractivity contribution in [1.82, 2.24) is 14.9 Å². The quantitative estimate of drug-likeness (QED) is 0.647. The molecule has 0 radical (unpaired) electrons. The van der Waals surface area contributed by atoms with Crippen LogP contribution in [0.4, 0.5) is 11.6 Å². The van der Waals surface area contributed by atoms with Gasteiger partial charge in [-0.3, -0.25) is 4.90 Å². The van der Waals surface area contributed by atoms with Crippen molar-refractivity contribution >= 4 is 34.7 Å². The molecule has 3 heterocycles. The molecule has 1 aliphatic rings. The molecule has 0 aliphatic carbocycles. The molecule has 2 aromatic heterocycles. The molecule has 1 unspecified atom stereocenters. The molecular weight excluding hydrogens is 314 g/mol. The summed E-state index contributed by atoms with van der Waals surface area (Å²) < 4.78 is 0. The zero-order chi connectivity index (χ0) is 15.4. The average molecular weight is 336 g/mol. The van der Waals surface area contributed by atoms with Gasteiger partial charge < -0.3 is 11.1 Å². The molecule has 1 atom stereocenters. The smallest absolute Gasteiger partial charge is 0.191 e. The summed E-state index contributed by atoms with van der Waals surface area (Å²) in [6.07, 6.45) is 4.33. The molecule has 3 rings (SSSR count). The molecule has 0 aromatic carbocycles. The van der Waals surface area contributed by atoms with Gasteiger partial charge in [-0.1, -0.05) is 17.8 Å². The van der Waals surface area contributed by atoms with Crippen molar-refractivity contribution < 1.29 is 0 Å². The number of rotatable bonds is 5. The highest BCUT2D eigenvalue weighted by molar-refractivity contribution is 7.98. The van der Waals surface area contributed by atoms with Crippen LogP contribution in [0.2, 0.25) is 0 Å². The minimum Gasteiger partial charge on any atom is -0.383 e. The number of hydrogen-bond acceptors (Lipinski definition) is 7. The van der Waals surface area contributed by atoms with Crippen molar-refractivity contribution in [2.75, 3.05) is 30.4 Å². The summed E-state index contributed by atoms with van der Waals surface area (Å²) in [5.41, 5.74) is 5.84. The van der Waals surface area contributed by atoms with Crippen molar-refractivity contribution in [3.63, 3.8) is 0 Å². The van der Waals surface area contributed by atoms with Crippen LogP contribution in [-0.2, 0) is 6.54 Å². The number of nitrogens with one attached hydrogen (secondary N) is 1. The molecule has 0 amide bonds. The van der Waals surface area contributed by atoms with Crippen LogP contribution in [0.3, 0.4) is 0 Å². The van der Waals surface area contributed by atoms with E-state index in [2.05, 4.69) is 37.7 Å². The van der Waals surface area contributed by atoms with Gasteiger partial charge in [0.15, 0.2) is 5.16 Å². The van der Waals surface area contributed by atoms with E-state index in [1.807, 2.05) is 23.7 Å². The van der Waals surface area contributed by atoms with Gasteiger partial charge in [0.05, 0.1) is 0 Å². The van der Waals surface area contributed by atoms with Gasteiger partial charge in [0.25, 0.3) is 0 Å². The first-order chi connectivity index (χ1) is 10.7. The minimum atomic E-state index is 0.415. The summed E-state index contributed by atoms with van der Waals surface area (Å²) in [6.45, 7) is 3.24. The fourth-order valence-electron chi connectivity index (χ4n) is 2.76. The van der Waals surface area contributed by atoms with Crippen LogP contribution in [0.1, 0.15) is 17.7 Å². The maximum absolute atomic E-state index is 5.84. The van der Waals surface area contributed by atoms with E-state index in [0.29, 0.717) is 17.0 Å². The lowest BCUT2D eigenvalue weighted by Crippen LogP contribution is -2.41. The van der Waals surface area contributed by atoms with E-state index in [1.54, 1.807) is 0 Å². The SMILES string of the molecule is CSc1nc(N)cc(NC2CCCN(Cc3cccs3)C2)n1. The molecule has 0 saturated carbocycles. The maximum atomic E-state index is 5.84. The van der Waals surface area contributed by atoms with Crippen LogP contribution >= 0.6 is 23.1 Å². The highest BCUT2D eigenvalue weighted by Gasteiger charge is 2.20. The number of hydrogen-bond donors (Lipinski definition) is 2. The predicted molar refractivity (Wildman–Crippen MR) is 94.5 cm³/mol. The molecule has 3 N–H and O–H groups in total. The number of nitrogens with zero attached hydrogens (tertiary/aromatic N) is 3. The second-order valence-electron chi connectivity index (χ2n) is 5.46. The van der Waals surface area contributed by atoms with E-state index in [9.17, 15) is 0 Å². The number of piperidine rings is 1. The van der Waals surface area contributed by atoms with E-state index in [0.717, 1.165) is 25.5 Å². The molecule has 22 heavy (non-hydrogen) atoms. The molecule has 0 bridgehead atoms. The first kappa shape index (κ1) is 15.6. The summed E-state index contributed by atoms with van der Waals surface area (Å²) in [5, 5.41) is 6.38. The van der Waals surface area contributed by atoms with Gasteiger partial charge in [-0.25, -0.2) is 9.97 Å². The molecule has 7 heteroatoms. The Labute approximate surface area is 139 Å². The number of nitrogen functional groups attached to an aromatic ring is 1. The number of nitrogens with two attached hydrogens (primary N) is 1. The lowest BCUT2D eigenvalue weighted by molar-refractivity contribution is 0.210. The van der Waals surface area contributed by atoms with Crippen LogP contribution < -0.4 is 11.1 Å². The molecule has 1 fully saturated rings. The van der Waals surface area contributed by atoms with Crippen molar-refractivity contribution in [3.8, 4) is 0 Å². The average Bonchev–Trinajstić information content (AvgIpc) is 3.00. The minimum absolute atomic E-state index is 0.415. The third kappa shape index (κ3) is 4.12. The Kier molecular flexibility index (Phi) is 5.17. The Morgan fingerprint density at radius 1 is 1.50 bits per heavy atom. The van der Waals surface area contributed by atoms with Gasteiger partial charge in [-0.15, -0.1) is 11.3 Å². The second kappa shape index (κ2) is 7.30. The number of anilines is 2. The normalized spacial score (nSPS) is 19.2. The summed E-state index contributed by atoms with van der Waals surface area (Å²) >= 11 is 3.34. The monoisotopic (exact) mass is 335 g/mol. The van der Waals surface area contributed by atoms with Crippen molar-refractivity contribution in [3.05, 3.63) is 28.5 Å².